The second kappa shape index (κ2) is 10.7. The monoisotopic (exact) mass is 550 g/mol. The highest BCUT2D eigenvalue weighted by molar-refractivity contribution is 7.90. The van der Waals surface area contributed by atoms with E-state index in [1.165, 1.54) is 40.7 Å². The molecule has 2 amide bonds. The van der Waals surface area contributed by atoms with Crippen molar-refractivity contribution in [1.29, 1.82) is 0 Å². The van der Waals surface area contributed by atoms with Crippen LogP contribution >= 0.6 is 0 Å². The van der Waals surface area contributed by atoms with Crippen molar-refractivity contribution in [3.8, 4) is 0 Å². The summed E-state index contributed by atoms with van der Waals surface area (Å²) in [6.07, 6.45) is 0.671. The summed E-state index contributed by atoms with van der Waals surface area (Å²) >= 11 is 0. The fourth-order valence-corrected chi connectivity index (χ4v) is 6.17. The van der Waals surface area contributed by atoms with Gasteiger partial charge in [0, 0.05) is 19.3 Å². The Balaban J connectivity index is 1.48. The number of rotatable bonds is 9. The summed E-state index contributed by atoms with van der Waals surface area (Å²) in [7, 11) is -7.19. The van der Waals surface area contributed by atoms with Crippen molar-refractivity contribution in [2.24, 2.45) is 0 Å². The van der Waals surface area contributed by atoms with Crippen molar-refractivity contribution in [1.82, 2.24) is 9.21 Å². The first-order chi connectivity index (χ1) is 17.5. The molecule has 0 bridgehead atoms. The van der Waals surface area contributed by atoms with Gasteiger partial charge in [-0.1, -0.05) is 24.3 Å². The molecule has 2 aromatic carbocycles. The van der Waals surface area contributed by atoms with Gasteiger partial charge in [0.05, 0.1) is 35.0 Å². The largest absolute Gasteiger partial charge is 0.459 e. The molecule has 198 valence electrons. The van der Waals surface area contributed by atoms with Gasteiger partial charge < -0.3 is 9.47 Å². The Morgan fingerprint density at radius 3 is 2.05 bits per heavy atom. The highest BCUT2D eigenvalue weighted by Gasteiger charge is 2.43. The Hall–Kier alpha value is -3.13. The van der Waals surface area contributed by atoms with Crippen LogP contribution in [0.5, 0.6) is 0 Å². The van der Waals surface area contributed by atoms with Crippen molar-refractivity contribution in [2.45, 2.75) is 24.0 Å². The molecule has 1 fully saturated rings. The Morgan fingerprint density at radius 2 is 1.51 bits per heavy atom. The number of sulfone groups is 1. The summed E-state index contributed by atoms with van der Waals surface area (Å²) in [6, 6.07) is 10.4. The molecule has 0 saturated carbocycles. The number of fused-ring (bicyclic) bond motifs is 1. The van der Waals surface area contributed by atoms with Gasteiger partial charge in [0.2, 0.25) is 10.0 Å². The van der Waals surface area contributed by atoms with Crippen LogP contribution in [-0.4, -0.2) is 88.2 Å². The van der Waals surface area contributed by atoms with Crippen LogP contribution in [0.3, 0.4) is 0 Å². The van der Waals surface area contributed by atoms with Crippen molar-refractivity contribution < 1.29 is 40.7 Å². The van der Waals surface area contributed by atoms with Crippen LogP contribution in [0.2, 0.25) is 0 Å². The van der Waals surface area contributed by atoms with Crippen molar-refractivity contribution in [3.63, 3.8) is 0 Å². The van der Waals surface area contributed by atoms with Crippen LogP contribution in [0.1, 0.15) is 32.7 Å². The third-order valence-electron chi connectivity index (χ3n) is 6.08. The summed E-state index contributed by atoms with van der Waals surface area (Å²) in [5.41, 5.74) is 0.724. The normalized spacial score (nSPS) is 17.5. The van der Waals surface area contributed by atoms with Crippen molar-refractivity contribution in [3.05, 3.63) is 65.2 Å². The van der Waals surface area contributed by atoms with Gasteiger partial charge >= 0.3 is 5.97 Å². The number of hydrogen-bond donors (Lipinski definition) is 0. The summed E-state index contributed by atoms with van der Waals surface area (Å²) in [4.78, 5) is 39.6. The summed E-state index contributed by atoms with van der Waals surface area (Å²) in [5.74, 6) is -2.78. The highest BCUT2D eigenvalue weighted by atomic mass is 32.2. The molecule has 1 atom stereocenters. The lowest BCUT2D eigenvalue weighted by Gasteiger charge is -2.26. The zero-order chi connectivity index (χ0) is 26.8. The molecule has 2 heterocycles. The first-order valence-corrected chi connectivity index (χ1v) is 15.0. The second-order valence-corrected chi connectivity index (χ2v) is 12.9. The first kappa shape index (κ1) is 26.9. The third kappa shape index (κ3) is 5.90. The molecule has 2 aliphatic heterocycles. The number of hydrogen-bond acceptors (Lipinski definition) is 9. The molecular formula is C24H26N2O9S2. The van der Waals surface area contributed by atoms with Crippen LogP contribution in [0.4, 0.5) is 0 Å². The van der Waals surface area contributed by atoms with Crippen LogP contribution in [-0.2, 0) is 40.7 Å². The van der Waals surface area contributed by atoms with Gasteiger partial charge in [-0.15, -0.1) is 0 Å². The predicted octanol–water partition coefficient (Wildman–Crippen LogP) is 0.850. The Kier molecular flexibility index (Phi) is 7.78. The van der Waals surface area contributed by atoms with E-state index in [1.807, 2.05) is 0 Å². The summed E-state index contributed by atoms with van der Waals surface area (Å²) in [6.45, 7) is 0.889. The molecule has 13 heteroatoms. The fraction of sp³-hybridized carbons (Fsp3) is 0.375. The SMILES string of the molecule is CS(=O)(=O)CC[C@@H](C(=O)OCc1ccc(S(=O)(=O)N2CCOCC2)cc1)N1C(=O)c2ccccc2C1=O. The standard InChI is InChI=1S/C24H26N2O9S2/c1-36(30,31)15-10-21(26-22(27)19-4-2-3-5-20(19)23(26)28)24(29)35-16-17-6-8-18(9-7-17)37(32,33)25-11-13-34-14-12-25/h2-9,21H,10-16H2,1H3/t21-/m0/s1. The van der Waals surface area contributed by atoms with Gasteiger partial charge in [0.1, 0.15) is 22.5 Å². The number of morpholine rings is 1. The maximum Gasteiger partial charge on any atom is 0.329 e. The zero-order valence-corrected chi connectivity index (χ0v) is 21.7. The molecule has 0 radical (unpaired) electrons. The first-order valence-electron chi connectivity index (χ1n) is 11.5. The maximum atomic E-state index is 13.0. The summed E-state index contributed by atoms with van der Waals surface area (Å²) in [5, 5.41) is 0. The average Bonchev–Trinajstić information content (AvgIpc) is 3.13. The molecule has 0 unspecified atom stereocenters. The van der Waals surface area contributed by atoms with Gasteiger partial charge in [0.15, 0.2) is 0 Å². The van der Waals surface area contributed by atoms with E-state index in [0.29, 0.717) is 18.8 Å². The summed E-state index contributed by atoms with van der Waals surface area (Å²) < 4.78 is 60.9. The van der Waals surface area contributed by atoms with Crippen molar-refractivity contribution >= 4 is 37.6 Å². The van der Waals surface area contributed by atoms with Gasteiger partial charge in [-0.3, -0.25) is 14.5 Å². The minimum absolute atomic E-state index is 0.0848. The lowest BCUT2D eigenvalue weighted by Crippen LogP contribution is -2.46. The lowest BCUT2D eigenvalue weighted by molar-refractivity contribution is -0.149. The number of imide groups is 1. The highest BCUT2D eigenvalue weighted by Crippen LogP contribution is 2.27. The Labute approximate surface area is 214 Å². The average molecular weight is 551 g/mol. The van der Waals surface area contributed by atoms with E-state index in [2.05, 4.69) is 0 Å². The third-order valence-corrected chi connectivity index (χ3v) is 8.97. The van der Waals surface area contributed by atoms with Gasteiger partial charge in [-0.25, -0.2) is 21.6 Å². The van der Waals surface area contributed by atoms with E-state index in [-0.39, 0.29) is 42.1 Å². The van der Waals surface area contributed by atoms with E-state index in [1.54, 1.807) is 12.1 Å². The van der Waals surface area contributed by atoms with Gasteiger partial charge in [-0.2, -0.15) is 4.31 Å². The number of benzene rings is 2. The number of carbonyl (C=O) groups excluding carboxylic acids is 3. The van der Waals surface area contributed by atoms with Crippen LogP contribution in [0.25, 0.3) is 0 Å². The Bertz CT molecular complexity index is 1380. The quantitative estimate of drug-likeness (QED) is 0.328. The molecule has 0 N–H and O–H groups in total. The van der Waals surface area contributed by atoms with E-state index < -0.39 is 49.4 Å². The molecule has 4 rings (SSSR count). The van der Waals surface area contributed by atoms with Gasteiger partial charge in [0.25, 0.3) is 11.8 Å². The molecule has 0 aromatic heterocycles. The molecular weight excluding hydrogens is 524 g/mol. The number of sulfonamides is 1. The fourth-order valence-electron chi connectivity index (χ4n) is 4.11. The number of ether oxygens (including phenoxy) is 2. The van der Waals surface area contributed by atoms with Crippen molar-refractivity contribution in [2.75, 3.05) is 38.3 Å². The molecule has 0 spiro atoms. The molecule has 1 saturated heterocycles. The van der Waals surface area contributed by atoms with E-state index in [0.717, 1.165) is 11.2 Å². The molecule has 37 heavy (non-hydrogen) atoms. The van der Waals surface area contributed by atoms with Crippen LogP contribution < -0.4 is 0 Å². The predicted molar refractivity (Wildman–Crippen MR) is 131 cm³/mol. The zero-order valence-electron chi connectivity index (χ0n) is 20.0. The van der Waals surface area contributed by atoms with E-state index >= 15 is 0 Å². The number of amides is 2. The number of esters is 1. The molecule has 2 aliphatic rings. The maximum absolute atomic E-state index is 13.0. The second-order valence-electron chi connectivity index (χ2n) is 8.73. The minimum atomic E-state index is -3.69. The minimum Gasteiger partial charge on any atom is -0.459 e. The topological polar surface area (TPSA) is 144 Å². The number of nitrogens with zero attached hydrogens (tertiary/aromatic N) is 2. The molecule has 0 aliphatic carbocycles. The van der Waals surface area contributed by atoms with E-state index in [4.69, 9.17) is 9.47 Å². The van der Waals surface area contributed by atoms with Crippen LogP contribution in [0.15, 0.2) is 53.4 Å². The Morgan fingerprint density at radius 1 is 0.946 bits per heavy atom. The molecule has 2 aromatic rings. The smallest absolute Gasteiger partial charge is 0.329 e. The van der Waals surface area contributed by atoms with Crippen LogP contribution in [0, 0.1) is 0 Å². The number of carbonyl (C=O) groups is 3. The van der Waals surface area contributed by atoms with Gasteiger partial charge in [-0.05, 0) is 36.2 Å². The van der Waals surface area contributed by atoms with E-state index in [9.17, 15) is 31.2 Å². The molecule has 11 nitrogen and oxygen atoms in total. The lowest BCUT2D eigenvalue weighted by atomic mass is 10.1.